The number of carbonyl (C=O) groups excluding carboxylic acids is 1. The van der Waals surface area contributed by atoms with Gasteiger partial charge in [0, 0.05) is 22.6 Å². The Morgan fingerprint density at radius 1 is 1.14 bits per heavy atom. The van der Waals surface area contributed by atoms with Crippen LogP contribution in [0.5, 0.6) is 0 Å². The molecule has 3 rings (SSSR count). The number of hydroxylamine groups is 1. The van der Waals surface area contributed by atoms with Gasteiger partial charge in [-0.25, -0.2) is 4.79 Å². The summed E-state index contributed by atoms with van der Waals surface area (Å²) in [6, 6.07) is 17.4. The molecule has 0 spiro atoms. The van der Waals surface area contributed by atoms with Crippen molar-refractivity contribution in [3.05, 3.63) is 71.9 Å². The quantitative estimate of drug-likeness (QED) is 0.451. The lowest BCUT2D eigenvalue weighted by Gasteiger charge is -2.26. The maximum Gasteiger partial charge on any atom is 0.426 e. The summed E-state index contributed by atoms with van der Waals surface area (Å²) in [4.78, 5) is 20.6. The Hall–Kier alpha value is -2.83. The van der Waals surface area contributed by atoms with E-state index in [0.29, 0.717) is 12.8 Å². The Kier molecular flexibility index (Phi) is 6.34. The number of aliphatic hydroxyl groups excluding tert-OH is 1. The molecule has 3 aromatic rings. The number of carbonyl (C=O) groups is 1. The van der Waals surface area contributed by atoms with Gasteiger partial charge >= 0.3 is 6.09 Å². The monoisotopic (exact) mass is 381 g/mol. The van der Waals surface area contributed by atoms with Gasteiger partial charge in [-0.3, -0.25) is 0 Å². The molecule has 1 heterocycles. The second kappa shape index (κ2) is 8.91. The van der Waals surface area contributed by atoms with Gasteiger partial charge in [0.05, 0.1) is 12.6 Å². The van der Waals surface area contributed by atoms with E-state index >= 15 is 0 Å². The van der Waals surface area contributed by atoms with E-state index in [1.807, 2.05) is 68.6 Å². The minimum atomic E-state index is -0.573. The predicted octanol–water partition coefficient (Wildman–Crippen LogP) is 3.32. The molecule has 0 radical (unpaired) electrons. The highest BCUT2D eigenvalue weighted by molar-refractivity contribution is 5.83. The molecule has 1 atom stereocenters. The Balaban J connectivity index is 1.52. The van der Waals surface area contributed by atoms with Crippen LogP contribution in [-0.2, 0) is 17.7 Å². The van der Waals surface area contributed by atoms with Gasteiger partial charge in [-0.1, -0.05) is 48.5 Å². The van der Waals surface area contributed by atoms with Gasteiger partial charge in [-0.15, -0.1) is 5.48 Å². The molecule has 0 bridgehead atoms. The first-order chi connectivity index (χ1) is 13.5. The fourth-order valence-corrected chi connectivity index (χ4v) is 3.28. The summed E-state index contributed by atoms with van der Waals surface area (Å²) in [5.41, 5.74) is 5.42. The molecule has 1 unspecified atom stereocenters. The van der Waals surface area contributed by atoms with Gasteiger partial charge in [-0.2, -0.15) is 0 Å². The normalized spacial score (nSPS) is 12.7. The molecule has 6 nitrogen and oxygen atoms in total. The highest BCUT2D eigenvalue weighted by Gasteiger charge is 2.24. The zero-order valence-corrected chi connectivity index (χ0v) is 16.2. The number of aromatic nitrogens is 1. The lowest BCUT2D eigenvalue weighted by Crippen LogP contribution is -2.48. The molecule has 6 heteroatoms. The van der Waals surface area contributed by atoms with E-state index in [-0.39, 0.29) is 12.6 Å². The average Bonchev–Trinajstić information content (AvgIpc) is 3.08. The van der Waals surface area contributed by atoms with Crippen LogP contribution in [0.2, 0.25) is 0 Å². The van der Waals surface area contributed by atoms with Crippen molar-refractivity contribution in [3.63, 3.8) is 0 Å². The number of benzene rings is 2. The molecular weight excluding hydrogens is 354 g/mol. The standard InChI is InChI=1S/C22H27N3O3/c1-22(2,13-17-14-23-20-11-7-6-10-19(17)20)24-21(27)28-25-18(15-26)12-16-8-4-3-5-9-16/h3-11,14,18,23,25-26H,12-13,15H2,1-2H3,(H,24,27). The number of aliphatic hydroxyl groups is 1. The third-order valence-corrected chi connectivity index (χ3v) is 4.61. The fourth-order valence-electron chi connectivity index (χ4n) is 3.28. The van der Waals surface area contributed by atoms with E-state index in [1.54, 1.807) is 0 Å². The fraction of sp³-hybridized carbons (Fsp3) is 0.318. The number of aromatic amines is 1. The highest BCUT2D eigenvalue weighted by Crippen LogP contribution is 2.22. The first-order valence-electron chi connectivity index (χ1n) is 9.41. The van der Waals surface area contributed by atoms with E-state index in [1.165, 1.54) is 0 Å². The summed E-state index contributed by atoms with van der Waals surface area (Å²) < 4.78 is 0. The van der Waals surface area contributed by atoms with Crippen molar-refractivity contribution >= 4 is 17.0 Å². The van der Waals surface area contributed by atoms with Crippen molar-refractivity contribution in [2.24, 2.45) is 0 Å². The molecular formula is C22H27N3O3. The largest absolute Gasteiger partial charge is 0.426 e. The minimum Gasteiger partial charge on any atom is -0.395 e. The van der Waals surface area contributed by atoms with Crippen LogP contribution in [0.1, 0.15) is 25.0 Å². The lowest BCUT2D eigenvalue weighted by atomic mass is 9.95. The molecule has 1 amide bonds. The van der Waals surface area contributed by atoms with Crippen LogP contribution < -0.4 is 10.8 Å². The maximum absolute atomic E-state index is 12.2. The van der Waals surface area contributed by atoms with Crippen LogP contribution >= 0.6 is 0 Å². The Morgan fingerprint density at radius 2 is 1.86 bits per heavy atom. The zero-order valence-electron chi connectivity index (χ0n) is 16.2. The number of hydrogen-bond acceptors (Lipinski definition) is 4. The summed E-state index contributed by atoms with van der Waals surface area (Å²) >= 11 is 0. The lowest BCUT2D eigenvalue weighted by molar-refractivity contribution is 0.0465. The van der Waals surface area contributed by atoms with Crippen molar-refractivity contribution in [1.29, 1.82) is 0 Å². The van der Waals surface area contributed by atoms with Gasteiger partial charge in [0.1, 0.15) is 0 Å². The van der Waals surface area contributed by atoms with Crippen molar-refractivity contribution in [2.75, 3.05) is 6.61 Å². The third kappa shape index (κ3) is 5.34. The van der Waals surface area contributed by atoms with Crippen molar-refractivity contribution in [3.8, 4) is 0 Å². The number of rotatable bonds is 8. The van der Waals surface area contributed by atoms with Crippen LogP contribution in [0.4, 0.5) is 4.79 Å². The highest BCUT2D eigenvalue weighted by atomic mass is 16.7. The Labute approximate surface area is 164 Å². The summed E-state index contributed by atoms with van der Waals surface area (Å²) in [6.07, 6.45) is 2.61. The van der Waals surface area contributed by atoms with Crippen molar-refractivity contribution in [2.45, 2.75) is 38.3 Å². The third-order valence-electron chi connectivity index (χ3n) is 4.61. The summed E-state index contributed by atoms with van der Waals surface area (Å²) in [5, 5.41) is 13.6. The number of nitrogens with one attached hydrogen (secondary N) is 3. The molecule has 1 aromatic heterocycles. The molecule has 4 N–H and O–H groups in total. The maximum atomic E-state index is 12.2. The zero-order chi connectivity index (χ0) is 20.0. The molecule has 0 aliphatic carbocycles. The van der Waals surface area contributed by atoms with Gasteiger partial charge in [-0.05, 0) is 43.9 Å². The van der Waals surface area contributed by atoms with Gasteiger partial charge in [0.2, 0.25) is 0 Å². The van der Waals surface area contributed by atoms with E-state index in [0.717, 1.165) is 22.0 Å². The number of para-hydroxylation sites is 1. The SMILES string of the molecule is CC(C)(Cc1c[nH]c2ccccc12)NC(=O)ONC(CO)Cc1ccccc1. The van der Waals surface area contributed by atoms with E-state index in [2.05, 4.69) is 21.8 Å². The predicted molar refractivity (Wildman–Crippen MR) is 110 cm³/mol. The van der Waals surface area contributed by atoms with Crippen LogP contribution in [-0.4, -0.2) is 34.4 Å². The molecule has 0 aliphatic rings. The summed E-state index contributed by atoms with van der Waals surface area (Å²) in [7, 11) is 0. The first kappa shape index (κ1) is 19.9. The topological polar surface area (TPSA) is 86.4 Å². The number of fused-ring (bicyclic) bond motifs is 1. The number of hydrogen-bond donors (Lipinski definition) is 4. The Bertz CT molecular complexity index is 906. The summed E-state index contributed by atoms with van der Waals surface area (Å²) in [6.45, 7) is 3.76. The van der Waals surface area contributed by atoms with E-state index < -0.39 is 11.6 Å². The van der Waals surface area contributed by atoms with Gasteiger partial charge in [0.25, 0.3) is 0 Å². The van der Waals surface area contributed by atoms with E-state index in [9.17, 15) is 9.90 Å². The first-order valence-corrected chi connectivity index (χ1v) is 9.41. The molecule has 148 valence electrons. The second-order valence-corrected chi connectivity index (χ2v) is 7.62. The molecule has 0 aliphatic heterocycles. The van der Waals surface area contributed by atoms with Crippen LogP contribution in [0, 0.1) is 0 Å². The minimum absolute atomic E-state index is 0.138. The number of amides is 1. The molecule has 0 saturated carbocycles. The van der Waals surface area contributed by atoms with Crippen LogP contribution in [0.3, 0.4) is 0 Å². The van der Waals surface area contributed by atoms with Gasteiger partial charge < -0.3 is 20.2 Å². The molecule has 28 heavy (non-hydrogen) atoms. The van der Waals surface area contributed by atoms with E-state index in [4.69, 9.17) is 4.84 Å². The average molecular weight is 381 g/mol. The van der Waals surface area contributed by atoms with Crippen LogP contribution in [0.25, 0.3) is 10.9 Å². The van der Waals surface area contributed by atoms with Gasteiger partial charge in [0.15, 0.2) is 0 Å². The van der Waals surface area contributed by atoms with Crippen LogP contribution in [0.15, 0.2) is 60.8 Å². The number of H-pyrrole nitrogens is 1. The molecule has 0 saturated heterocycles. The second-order valence-electron chi connectivity index (χ2n) is 7.62. The van der Waals surface area contributed by atoms with Crippen molar-refractivity contribution in [1.82, 2.24) is 15.8 Å². The molecule has 0 fully saturated rings. The Morgan fingerprint density at radius 3 is 2.61 bits per heavy atom. The smallest absolute Gasteiger partial charge is 0.395 e. The molecule has 2 aromatic carbocycles. The summed E-state index contributed by atoms with van der Waals surface area (Å²) in [5.74, 6) is 0. The van der Waals surface area contributed by atoms with Crippen molar-refractivity contribution < 1.29 is 14.7 Å².